The van der Waals surface area contributed by atoms with Crippen molar-refractivity contribution in [2.75, 3.05) is 13.7 Å². The zero-order valence-electron chi connectivity index (χ0n) is 15.5. The fourth-order valence-corrected chi connectivity index (χ4v) is 5.11. The molecule has 3 fully saturated rings. The van der Waals surface area contributed by atoms with Gasteiger partial charge in [0.15, 0.2) is 0 Å². The van der Waals surface area contributed by atoms with E-state index in [9.17, 15) is 4.79 Å². The molecule has 1 aliphatic heterocycles. The number of ether oxygens (including phenoxy) is 2. The van der Waals surface area contributed by atoms with E-state index >= 15 is 0 Å². The molecule has 1 aromatic carbocycles. The molecule has 5 heteroatoms. The van der Waals surface area contributed by atoms with Crippen molar-refractivity contribution in [2.45, 2.75) is 68.7 Å². The number of fused-ring (bicyclic) bond motifs is 1. The number of likely N-dealkylation sites (tertiary alicyclic amines) is 1. The van der Waals surface area contributed by atoms with Gasteiger partial charge in [0, 0.05) is 12.1 Å². The summed E-state index contributed by atoms with van der Waals surface area (Å²) in [5.41, 5.74) is 7.87. The lowest BCUT2D eigenvalue weighted by molar-refractivity contribution is -0.00959. The van der Waals surface area contributed by atoms with Gasteiger partial charge in [-0.05, 0) is 55.9 Å². The highest BCUT2D eigenvalue weighted by Crippen LogP contribution is 2.43. The highest BCUT2D eigenvalue weighted by Gasteiger charge is 2.54. The second-order valence-electron chi connectivity index (χ2n) is 8.05. The van der Waals surface area contributed by atoms with Crippen molar-refractivity contribution in [3.8, 4) is 0 Å². The Bertz CT molecular complexity index is 615. The fourth-order valence-electron chi connectivity index (χ4n) is 5.11. The van der Waals surface area contributed by atoms with Gasteiger partial charge < -0.3 is 15.2 Å². The van der Waals surface area contributed by atoms with Crippen LogP contribution in [-0.2, 0) is 9.47 Å². The van der Waals surface area contributed by atoms with Gasteiger partial charge in [0.2, 0.25) is 0 Å². The molecule has 1 unspecified atom stereocenters. The zero-order valence-corrected chi connectivity index (χ0v) is 15.5. The van der Waals surface area contributed by atoms with E-state index in [-0.39, 0.29) is 30.3 Å². The fraction of sp³-hybridized carbons (Fsp3) is 0.667. The lowest BCUT2D eigenvalue weighted by Gasteiger charge is -2.36. The molecule has 0 spiro atoms. The van der Waals surface area contributed by atoms with E-state index in [1.54, 1.807) is 0 Å². The number of hydrogen-bond donors (Lipinski definition) is 1. The molecule has 3 aliphatic rings. The molecule has 0 radical (unpaired) electrons. The van der Waals surface area contributed by atoms with E-state index in [4.69, 9.17) is 15.2 Å². The first-order valence-electron chi connectivity index (χ1n) is 9.97. The van der Waals surface area contributed by atoms with E-state index in [2.05, 4.69) is 30.3 Å². The molecule has 0 bridgehead atoms. The van der Waals surface area contributed by atoms with Crippen LogP contribution in [0.15, 0.2) is 30.3 Å². The maximum absolute atomic E-state index is 12.2. The largest absolute Gasteiger partial charge is 0.453 e. The lowest BCUT2D eigenvalue weighted by Crippen LogP contribution is -2.48. The highest BCUT2D eigenvalue weighted by atomic mass is 16.5. The van der Waals surface area contributed by atoms with Gasteiger partial charge in [-0.1, -0.05) is 30.3 Å². The molecule has 142 valence electrons. The number of carbonyl (C=O) groups is 1. The Morgan fingerprint density at radius 1 is 1.12 bits per heavy atom. The first-order valence-corrected chi connectivity index (χ1v) is 9.97. The summed E-state index contributed by atoms with van der Waals surface area (Å²) >= 11 is 0. The maximum Gasteiger partial charge on any atom is 0.410 e. The van der Waals surface area contributed by atoms with Crippen LogP contribution in [0.3, 0.4) is 0 Å². The smallest absolute Gasteiger partial charge is 0.410 e. The Morgan fingerprint density at radius 3 is 2.46 bits per heavy atom. The molecular weight excluding hydrogens is 328 g/mol. The van der Waals surface area contributed by atoms with E-state index < -0.39 is 0 Å². The van der Waals surface area contributed by atoms with Gasteiger partial charge in [0.05, 0.1) is 25.9 Å². The highest BCUT2D eigenvalue weighted by molar-refractivity contribution is 5.69. The number of nitrogens with zero attached hydrogens (tertiary/aromatic N) is 1. The number of rotatable bonds is 4. The summed E-state index contributed by atoms with van der Waals surface area (Å²) in [6.07, 6.45) is 6.65. The van der Waals surface area contributed by atoms with Crippen LogP contribution in [0.2, 0.25) is 0 Å². The predicted molar refractivity (Wildman–Crippen MR) is 99.9 cm³/mol. The minimum atomic E-state index is -0.256. The number of methoxy groups -OCH3 is 1. The Kier molecular flexibility index (Phi) is 5.18. The normalized spacial score (nSPS) is 36.3. The van der Waals surface area contributed by atoms with Gasteiger partial charge in [0.25, 0.3) is 0 Å². The second-order valence-corrected chi connectivity index (χ2v) is 8.05. The van der Waals surface area contributed by atoms with Crippen LogP contribution in [0.4, 0.5) is 4.79 Å². The van der Waals surface area contributed by atoms with Crippen LogP contribution in [0.5, 0.6) is 0 Å². The van der Waals surface area contributed by atoms with Gasteiger partial charge in [-0.15, -0.1) is 0 Å². The third-order valence-corrected chi connectivity index (χ3v) is 6.78. The van der Waals surface area contributed by atoms with Crippen LogP contribution in [0.1, 0.15) is 50.0 Å². The van der Waals surface area contributed by atoms with E-state index in [0.29, 0.717) is 18.4 Å². The monoisotopic (exact) mass is 358 g/mol. The molecule has 26 heavy (non-hydrogen) atoms. The molecule has 2 aliphatic carbocycles. The summed E-state index contributed by atoms with van der Waals surface area (Å²) in [5, 5.41) is 0. The van der Waals surface area contributed by atoms with Gasteiger partial charge in [-0.3, -0.25) is 4.90 Å². The Hall–Kier alpha value is -1.59. The quantitative estimate of drug-likeness (QED) is 0.897. The van der Waals surface area contributed by atoms with E-state index in [1.165, 1.54) is 12.7 Å². The first kappa shape index (κ1) is 17.8. The van der Waals surface area contributed by atoms with E-state index in [0.717, 1.165) is 38.5 Å². The average molecular weight is 358 g/mol. The van der Waals surface area contributed by atoms with Crippen molar-refractivity contribution in [3.05, 3.63) is 35.9 Å². The number of amides is 1. The third kappa shape index (κ3) is 3.23. The van der Waals surface area contributed by atoms with Crippen LogP contribution in [0.25, 0.3) is 0 Å². The van der Waals surface area contributed by atoms with Crippen molar-refractivity contribution < 1.29 is 14.3 Å². The minimum absolute atomic E-state index is 0.00788. The number of carbonyl (C=O) groups excluding carboxylic acids is 1. The summed E-state index contributed by atoms with van der Waals surface area (Å²) in [6, 6.07) is 11.0. The van der Waals surface area contributed by atoms with Gasteiger partial charge >= 0.3 is 6.09 Å². The molecule has 1 saturated heterocycles. The molecule has 1 aromatic rings. The number of hydrogen-bond acceptors (Lipinski definition) is 4. The summed E-state index contributed by atoms with van der Waals surface area (Å²) in [4.78, 5) is 14.1. The predicted octanol–water partition coefficient (Wildman–Crippen LogP) is 3.29. The zero-order chi connectivity index (χ0) is 18.1. The molecule has 5 nitrogen and oxygen atoms in total. The second kappa shape index (κ2) is 7.57. The minimum Gasteiger partial charge on any atom is -0.453 e. The van der Waals surface area contributed by atoms with Gasteiger partial charge in [0.1, 0.15) is 0 Å². The van der Waals surface area contributed by atoms with Crippen molar-refractivity contribution in [1.82, 2.24) is 4.90 Å². The third-order valence-electron chi connectivity index (χ3n) is 6.78. The van der Waals surface area contributed by atoms with Crippen LogP contribution >= 0.6 is 0 Å². The molecular formula is C21H30N2O3. The van der Waals surface area contributed by atoms with Crippen molar-refractivity contribution in [1.29, 1.82) is 0 Å². The Balaban J connectivity index is 1.31. The van der Waals surface area contributed by atoms with Crippen molar-refractivity contribution in [2.24, 2.45) is 11.7 Å². The van der Waals surface area contributed by atoms with E-state index in [1.807, 2.05) is 4.90 Å². The summed E-state index contributed by atoms with van der Waals surface area (Å²) < 4.78 is 11.2. The van der Waals surface area contributed by atoms with Crippen LogP contribution in [-0.4, -0.2) is 48.9 Å². The SMILES string of the molecule is COC(=O)N1C(COC2CCC(c3ccccc3)CC2)[C@@H](N)[C@H]2CC[C@H]21. The van der Waals surface area contributed by atoms with Crippen molar-refractivity contribution in [3.63, 3.8) is 0 Å². The molecule has 1 heterocycles. The molecule has 0 aromatic heterocycles. The molecule has 1 amide bonds. The standard InChI is InChI=1S/C21H30N2O3/c1-25-21(24)23-18-12-11-17(18)20(22)19(23)13-26-16-9-7-15(8-10-16)14-5-3-2-4-6-14/h2-6,15-20H,7-13,22H2,1H3/t15?,16?,17-,18+,19?,20-/m0/s1. The number of benzene rings is 1. The first-order chi connectivity index (χ1) is 12.7. The summed E-state index contributed by atoms with van der Waals surface area (Å²) in [7, 11) is 1.45. The summed E-state index contributed by atoms with van der Waals surface area (Å²) in [5.74, 6) is 1.06. The van der Waals surface area contributed by atoms with Crippen LogP contribution < -0.4 is 5.73 Å². The molecule has 2 saturated carbocycles. The Morgan fingerprint density at radius 2 is 1.85 bits per heavy atom. The van der Waals surface area contributed by atoms with Crippen LogP contribution in [0, 0.1) is 5.92 Å². The molecule has 4 rings (SSSR count). The maximum atomic E-state index is 12.2. The van der Waals surface area contributed by atoms with Crippen molar-refractivity contribution >= 4 is 6.09 Å². The van der Waals surface area contributed by atoms with Gasteiger partial charge in [-0.2, -0.15) is 0 Å². The lowest BCUT2D eigenvalue weighted by atomic mass is 9.77. The Labute approximate surface area is 155 Å². The number of nitrogens with two attached hydrogens (primary N) is 1. The molecule has 2 N–H and O–H groups in total. The molecule has 4 atom stereocenters. The van der Waals surface area contributed by atoms with Gasteiger partial charge in [-0.25, -0.2) is 4.79 Å². The summed E-state index contributed by atoms with van der Waals surface area (Å²) in [6.45, 7) is 0.532. The average Bonchev–Trinajstić information content (AvgIpc) is 2.85. The topological polar surface area (TPSA) is 64.8 Å².